The van der Waals surface area contributed by atoms with Crippen LogP contribution in [-0.2, 0) is 16.5 Å². The van der Waals surface area contributed by atoms with Crippen LogP contribution in [0.4, 0.5) is 4.79 Å². The average Bonchev–Trinajstić information content (AvgIpc) is 2.75. The second kappa shape index (κ2) is 7.03. The minimum Gasteiger partial charge on any atom is -0.383 e. The minimum atomic E-state index is -0.0697. The van der Waals surface area contributed by atoms with Gasteiger partial charge in [-0.25, -0.2) is 9.36 Å². The van der Waals surface area contributed by atoms with Gasteiger partial charge in [-0.2, -0.15) is 4.57 Å². The first-order valence-corrected chi connectivity index (χ1v) is 5.49. The van der Waals surface area contributed by atoms with Crippen LogP contribution < -0.4 is 4.57 Å². The van der Waals surface area contributed by atoms with Crippen molar-refractivity contribution in [1.82, 2.24) is 9.47 Å². The predicted octanol–water partition coefficient (Wildman–Crippen LogP) is -0.124. The lowest BCUT2D eigenvalue weighted by atomic mass is 10.5. The number of methoxy groups -OCH3 is 2. The molecule has 0 unspecified atom stereocenters. The summed E-state index contributed by atoms with van der Waals surface area (Å²) >= 11 is 0. The number of imidazole rings is 1. The molecule has 0 atom stereocenters. The molecular formula is C11H20N3O3+. The van der Waals surface area contributed by atoms with Crippen molar-refractivity contribution in [3.05, 3.63) is 18.7 Å². The summed E-state index contributed by atoms with van der Waals surface area (Å²) in [6, 6.07) is -0.0697. The van der Waals surface area contributed by atoms with Crippen molar-refractivity contribution in [2.75, 3.05) is 40.5 Å². The van der Waals surface area contributed by atoms with Crippen LogP contribution in [0.1, 0.15) is 0 Å². The molecule has 1 amide bonds. The van der Waals surface area contributed by atoms with E-state index in [9.17, 15) is 4.79 Å². The van der Waals surface area contributed by atoms with Gasteiger partial charge < -0.3 is 9.47 Å². The molecule has 0 spiro atoms. The number of amides is 1. The van der Waals surface area contributed by atoms with Crippen LogP contribution >= 0.6 is 0 Å². The van der Waals surface area contributed by atoms with E-state index in [4.69, 9.17) is 9.47 Å². The van der Waals surface area contributed by atoms with E-state index in [2.05, 4.69) is 0 Å². The molecule has 0 fully saturated rings. The second-order valence-corrected chi connectivity index (χ2v) is 3.74. The number of hydrogen-bond acceptors (Lipinski definition) is 3. The highest BCUT2D eigenvalue weighted by molar-refractivity contribution is 5.76. The van der Waals surface area contributed by atoms with Crippen molar-refractivity contribution in [2.45, 2.75) is 0 Å². The first-order chi connectivity index (χ1) is 8.19. The van der Waals surface area contributed by atoms with Gasteiger partial charge in [0.25, 0.3) is 6.33 Å². The van der Waals surface area contributed by atoms with Crippen LogP contribution in [-0.4, -0.2) is 56.0 Å². The first kappa shape index (κ1) is 13.7. The summed E-state index contributed by atoms with van der Waals surface area (Å²) in [4.78, 5) is 13.8. The van der Waals surface area contributed by atoms with E-state index < -0.39 is 0 Å². The van der Waals surface area contributed by atoms with Crippen molar-refractivity contribution in [1.29, 1.82) is 0 Å². The van der Waals surface area contributed by atoms with Crippen LogP contribution in [0.5, 0.6) is 0 Å². The summed E-state index contributed by atoms with van der Waals surface area (Å²) in [5.74, 6) is 0. The lowest BCUT2D eigenvalue weighted by Gasteiger charge is -2.18. The zero-order chi connectivity index (χ0) is 12.7. The fraction of sp³-hybridized carbons (Fsp3) is 0.636. The van der Waals surface area contributed by atoms with E-state index in [-0.39, 0.29) is 6.03 Å². The molecule has 0 saturated carbocycles. The Balaban J connectivity index is 2.64. The molecule has 0 N–H and O–H groups in total. The summed E-state index contributed by atoms with van der Waals surface area (Å²) in [5, 5.41) is 0. The topological polar surface area (TPSA) is 47.6 Å². The SMILES string of the molecule is COCCN(CCOC)C(=O)n1cc[n+](C)c1. The maximum absolute atomic E-state index is 12.1. The minimum absolute atomic E-state index is 0.0697. The van der Waals surface area contributed by atoms with Gasteiger partial charge in [0.15, 0.2) is 0 Å². The van der Waals surface area contributed by atoms with Crippen LogP contribution in [0.3, 0.4) is 0 Å². The van der Waals surface area contributed by atoms with Gasteiger partial charge >= 0.3 is 6.03 Å². The van der Waals surface area contributed by atoms with Crippen molar-refractivity contribution in [3.63, 3.8) is 0 Å². The van der Waals surface area contributed by atoms with Crippen molar-refractivity contribution < 1.29 is 18.8 Å². The standard InChI is InChI=1S/C11H20N3O3/c1-12-4-5-14(10-12)11(15)13(6-8-16-2)7-9-17-3/h4-5,10H,6-9H2,1-3H3/q+1. The monoisotopic (exact) mass is 242 g/mol. The Morgan fingerprint density at radius 1 is 1.29 bits per heavy atom. The maximum atomic E-state index is 12.1. The van der Waals surface area contributed by atoms with E-state index >= 15 is 0 Å². The second-order valence-electron chi connectivity index (χ2n) is 3.74. The molecule has 0 bridgehead atoms. The largest absolute Gasteiger partial charge is 0.415 e. The molecule has 0 aliphatic carbocycles. The third-order valence-corrected chi connectivity index (χ3v) is 2.39. The normalized spacial score (nSPS) is 10.5. The van der Waals surface area contributed by atoms with E-state index in [1.54, 1.807) is 36.2 Å². The van der Waals surface area contributed by atoms with Gasteiger partial charge in [-0.3, -0.25) is 4.90 Å². The number of aryl methyl sites for hydroxylation is 1. The lowest BCUT2D eigenvalue weighted by Crippen LogP contribution is -2.39. The van der Waals surface area contributed by atoms with E-state index in [1.807, 2.05) is 17.8 Å². The van der Waals surface area contributed by atoms with Crippen LogP contribution in [0, 0.1) is 0 Å². The zero-order valence-corrected chi connectivity index (χ0v) is 10.6. The van der Waals surface area contributed by atoms with Gasteiger partial charge in [0.2, 0.25) is 0 Å². The molecular weight excluding hydrogens is 222 g/mol. The van der Waals surface area contributed by atoms with Crippen LogP contribution in [0.2, 0.25) is 0 Å². The number of aromatic nitrogens is 2. The average molecular weight is 242 g/mol. The van der Waals surface area contributed by atoms with Gasteiger partial charge in [0, 0.05) is 27.3 Å². The molecule has 0 aliphatic heterocycles. The fourth-order valence-electron chi connectivity index (χ4n) is 1.43. The molecule has 96 valence electrons. The summed E-state index contributed by atoms with van der Waals surface area (Å²) in [5.41, 5.74) is 0. The molecule has 6 nitrogen and oxygen atoms in total. The van der Waals surface area contributed by atoms with E-state index in [1.165, 1.54) is 0 Å². The molecule has 1 rings (SSSR count). The van der Waals surface area contributed by atoms with Crippen LogP contribution in [0.15, 0.2) is 18.7 Å². The molecule has 1 aromatic rings. The smallest absolute Gasteiger partial charge is 0.383 e. The van der Waals surface area contributed by atoms with Gasteiger partial charge in [0.1, 0.15) is 12.4 Å². The van der Waals surface area contributed by atoms with Crippen molar-refractivity contribution in [2.24, 2.45) is 7.05 Å². The number of rotatable bonds is 6. The van der Waals surface area contributed by atoms with Gasteiger partial charge in [0.05, 0.1) is 20.3 Å². The third-order valence-electron chi connectivity index (χ3n) is 2.39. The Morgan fingerprint density at radius 2 is 1.88 bits per heavy atom. The number of carbonyl (C=O) groups is 1. The summed E-state index contributed by atoms with van der Waals surface area (Å²) in [7, 11) is 5.11. The quantitative estimate of drug-likeness (QED) is 0.653. The van der Waals surface area contributed by atoms with E-state index in [0.29, 0.717) is 26.3 Å². The number of carbonyl (C=O) groups excluding carboxylic acids is 1. The van der Waals surface area contributed by atoms with Crippen LogP contribution in [0.25, 0.3) is 0 Å². The molecule has 1 heterocycles. The van der Waals surface area contributed by atoms with Crippen molar-refractivity contribution >= 4 is 6.03 Å². The lowest BCUT2D eigenvalue weighted by molar-refractivity contribution is -0.670. The Labute approximate surface area is 101 Å². The number of hydrogen-bond donors (Lipinski definition) is 0. The molecule has 0 saturated heterocycles. The molecule has 1 aromatic heterocycles. The summed E-state index contributed by atoms with van der Waals surface area (Å²) < 4.78 is 13.4. The zero-order valence-electron chi connectivity index (χ0n) is 10.6. The Morgan fingerprint density at radius 3 is 2.29 bits per heavy atom. The Kier molecular flexibility index (Phi) is 5.65. The number of ether oxygens (including phenoxy) is 2. The highest BCUT2D eigenvalue weighted by Crippen LogP contribution is 1.96. The number of nitrogens with zero attached hydrogens (tertiary/aromatic N) is 3. The highest BCUT2D eigenvalue weighted by Gasteiger charge is 2.19. The fourth-order valence-corrected chi connectivity index (χ4v) is 1.43. The summed E-state index contributed by atoms with van der Waals surface area (Å²) in [6.07, 6.45) is 5.28. The summed E-state index contributed by atoms with van der Waals surface area (Å²) in [6.45, 7) is 2.15. The first-order valence-electron chi connectivity index (χ1n) is 5.49. The van der Waals surface area contributed by atoms with Gasteiger partial charge in [-0.05, 0) is 0 Å². The van der Waals surface area contributed by atoms with Crippen molar-refractivity contribution in [3.8, 4) is 0 Å². The maximum Gasteiger partial charge on any atom is 0.415 e. The third kappa shape index (κ3) is 4.16. The molecule has 6 heteroatoms. The van der Waals surface area contributed by atoms with E-state index in [0.717, 1.165) is 0 Å². The molecule has 17 heavy (non-hydrogen) atoms. The van der Waals surface area contributed by atoms with Gasteiger partial charge in [-0.1, -0.05) is 0 Å². The highest BCUT2D eigenvalue weighted by atomic mass is 16.5. The van der Waals surface area contributed by atoms with Gasteiger partial charge in [-0.15, -0.1) is 0 Å². The molecule has 0 aromatic carbocycles. The molecule has 0 radical (unpaired) electrons. The Bertz CT molecular complexity index is 343. The Hall–Kier alpha value is -1.40. The predicted molar refractivity (Wildman–Crippen MR) is 61.7 cm³/mol. The molecule has 0 aliphatic rings.